The molecule has 2 heteroatoms. The van der Waals surface area contributed by atoms with E-state index in [1.54, 1.807) is 6.92 Å². The molecule has 0 heterocycles. The lowest BCUT2D eigenvalue weighted by atomic mass is 9.98. The fourth-order valence-corrected chi connectivity index (χ4v) is 3.00. The van der Waals surface area contributed by atoms with E-state index in [1.807, 2.05) is 0 Å². The quantitative estimate of drug-likeness (QED) is 0.632. The summed E-state index contributed by atoms with van der Waals surface area (Å²) in [6.07, 6.45) is 6.69. The van der Waals surface area contributed by atoms with Crippen LogP contribution in [0.15, 0.2) is 0 Å². The minimum Gasteiger partial charge on any atom is -0.353 e. The lowest BCUT2D eigenvalue weighted by Crippen LogP contribution is -2.35. The van der Waals surface area contributed by atoms with Gasteiger partial charge in [-0.05, 0) is 31.1 Å². The molecule has 0 saturated heterocycles. The average Bonchev–Trinajstić information content (AvgIpc) is 2.52. The first-order valence-electron chi connectivity index (χ1n) is 5.04. The van der Waals surface area contributed by atoms with Crippen LogP contribution in [-0.4, -0.2) is 11.9 Å². The predicted octanol–water partition coefficient (Wildman–Crippen LogP) is 1.70. The minimum atomic E-state index is 0.146. The Morgan fingerprint density at radius 1 is 1.25 bits per heavy atom. The van der Waals surface area contributed by atoms with Crippen LogP contribution >= 0.6 is 0 Å². The first-order valence-corrected chi connectivity index (χ1v) is 5.04. The molecule has 12 heavy (non-hydrogen) atoms. The van der Waals surface area contributed by atoms with E-state index in [1.165, 1.54) is 32.1 Å². The molecule has 2 fully saturated rings. The van der Waals surface area contributed by atoms with Gasteiger partial charge in [0.25, 0.3) is 0 Å². The molecule has 0 aliphatic heterocycles. The Labute approximate surface area is 73.7 Å². The highest BCUT2D eigenvalue weighted by Gasteiger charge is 2.39. The summed E-state index contributed by atoms with van der Waals surface area (Å²) in [5.74, 6) is 1.89. The molecule has 0 bridgehead atoms. The first-order chi connectivity index (χ1) is 5.77. The van der Waals surface area contributed by atoms with E-state index in [-0.39, 0.29) is 5.91 Å². The molecule has 2 rings (SSSR count). The van der Waals surface area contributed by atoms with E-state index in [2.05, 4.69) is 5.32 Å². The zero-order valence-corrected chi connectivity index (χ0v) is 7.68. The number of nitrogens with one attached hydrogen (secondary N) is 1. The van der Waals surface area contributed by atoms with Crippen molar-refractivity contribution < 1.29 is 4.79 Å². The zero-order chi connectivity index (χ0) is 8.55. The van der Waals surface area contributed by atoms with Crippen molar-refractivity contribution in [2.75, 3.05) is 0 Å². The fraction of sp³-hybridized carbons (Fsp3) is 0.900. The molecule has 1 N–H and O–H groups in total. The number of amides is 1. The Bertz CT molecular complexity index is 190. The molecule has 3 atom stereocenters. The third-order valence-electron chi connectivity index (χ3n) is 3.47. The summed E-state index contributed by atoms with van der Waals surface area (Å²) in [7, 11) is 0. The summed E-state index contributed by atoms with van der Waals surface area (Å²) in [6.45, 7) is 1.63. The van der Waals surface area contributed by atoms with Gasteiger partial charge in [-0.2, -0.15) is 0 Å². The van der Waals surface area contributed by atoms with Crippen molar-refractivity contribution >= 4 is 5.91 Å². The van der Waals surface area contributed by atoms with Crippen LogP contribution in [0.25, 0.3) is 0 Å². The molecule has 0 aromatic heterocycles. The molecule has 1 amide bonds. The highest BCUT2D eigenvalue weighted by atomic mass is 16.1. The Morgan fingerprint density at radius 2 is 2.08 bits per heavy atom. The van der Waals surface area contributed by atoms with E-state index < -0.39 is 0 Å². The fourth-order valence-electron chi connectivity index (χ4n) is 3.00. The molecular weight excluding hydrogens is 150 g/mol. The van der Waals surface area contributed by atoms with Gasteiger partial charge in [0.05, 0.1) is 0 Å². The first kappa shape index (κ1) is 8.09. The third-order valence-corrected chi connectivity index (χ3v) is 3.47. The molecule has 2 aliphatic carbocycles. The van der Waals surface area contributed by atoms with Crippen molar-refractivity contribution in [3.8, 4) is 0 Å². The van der Waals surface area contributed by atoms with E-state index >= 15 is 0 Å². The van der Waals surface area contributed by atoms with Gasteiger partial charge in [0.15, 0.2) is 0 Å². The average molecular weight is 167 g/mol. The van der Waals surface area contributed by atoms with Gasteiger partial charge < -0.3 is 5.32 Å². The lowest BCUT2D eigenvalue weighted by molar-refractivity contribution is -0.119. The normalized spacial score (nSPS) is 39.6. The molecule has 0 radical (unpaired) electrons. The van der Waals surface area contributed by atoms with Crippen LogP contribution in [0, 0.1) is 11.8 Å². The topological polar surface area (TPSA) is 29.1 Å². The SMILES string of the molecule is CC(=O)NC1CCC2CCCC21. The third kappa shape index (κ3) is 1.35. The van der Waals surface area contributed by atoms with Crippen molar-refractivity contribution in [2.24, 2.45) is 11.8 Å². The van der Waals surface area contributed by atoms with Crippen molar-refractivity contribution in [1.29, 1.82) is 0 Å². The van der Waals surface area contributed by atoms with Gasteiger partial charge in [0.1, 0.15) is 0 Å². The number of hydrogen-bond acceptors (Lipinski definition) is 1. The van der Waals surface area contributed by atoms with Crippen molar-refractivity contribution in [3.05, 3.63) is 0 Å². The van der Waals surface area contributed by atoms with Gasteiger partial charge in [-0.25, -0.2) is 0 Å². The second-order valence-electron chi connectivity index (χ2n) is 4.24. The van der Waals surface area contributed by atoms with Crippen molar-refractivity contribution in [3.63, 3.8) is 0 Å². The maximum Gasteiger partial charge on any atom is 0.217 e. The van der Waals surface area contributed by atoms with Gasteiger partial charge in [-0.15, -0.1) is 0 Å². The zero-order valence-electron chi connectivity index (χ0n) is 7.68. The number of carbonyl (C=O) groups is 1. The number of rotatable bonds is 1. The Kier molecular flexibility index (Phi) is 2.07. The molecule has 0 spiro atoms. The summed E-state index contributed by atoms with van der Waals surface area (Å²) in [6, 6.07) is 0.509. The predicted molar refractivity (Wildman–Crippen MR) is 47.7 cm³/mol. The number of hydrogen-bond donors (Lipinski definition) is 1. The maximum atomic E-state index is 10.9. The van der Waals surface area contributed by atoms with Crippen LogP contribution < -0.4 is 5.32 Å². The van der Waals surface area contributed by atoms with Crippen LogP contribution in [0.1, 0.15) is 39.0 Å². The minimum absolute atomic E-state index is 0.146. The van der Waals surface area contributed by atoms with Crippen LogP contribution in [-0.2, 0) is 4.79 Å². The lowest BCUT2D eigenvalue weighted by Gasteiger charge is -2.18. The second kappa shape index (κ2) is 3.08. The smallest absolute Gasteiger partial charge is 0.217 e. The number of fused-ring (bicyclic) bond motifs is 1. The van der Waals surface area contributed by atoms with E-state index in [4.69, 9.17) is 0 Å². The van der Waals surface area contributed by atoms with Crippen molar-refractivity contribution in [1.82, 2.24) is 5.32 Å². The van der Waals surface area contributed by atoms with E-state index in [0.29, 0.717) is 6.04 Å². The monoisotopic (exact) mass is 167 g/mol. The summed E-state index contributed by atoms with van der Waals surface area (Å²) in [4.78, 5) is 10.9. The molecule has 3 unspecified atom stereocenters. The van der Waals surface area contributed by atoms with Crippen molar-refractivity contribution in [2.45, 2.75) is 45.1 Å². The molecule has 0 aromatic rings. The van der Waals surface area contributed by atoms with Crippen LogP contribution in [0.4, 0.5) is 0 Å². The molecular formula is C10H17NO. The second-order valence-corrected chi connectivity index (χ2v) is 4.24. The van der Waals surface area contributed by atoms with Gasteiger partial charge in [0.2, 0.25) is 5.91 Å². The van der Waals surface area contributed by atoms with Crippen LogP contribution in [0.5, 0.6) is 0 Å². The summed E-state index contributed by atoms with van der Waals surface area (Å²) < 4.78 is 0. The molecule has 2 aliphatic rings. The molecule has 2 saturated carbocycles. The van der Waals surface area contributed by atoms with E-state index in [0.717, 1.165) is 11.8 Å². The summed E-state index contributed by atoms with van der Waals surface area (Å²) in [5.41, 5.74) is 0. The van der Waals surface area contributed by atoms with Gasteiger partial charge in [0, 0.05) is 13.0 Å². The van der Waals surface area contributed by atoms with Crippen LogP contribution in [0.2, 0.25) is 0 Å². The number of carbonyl (C=O) groups excluding carboxylic acids is 1. The van der Waals surface area contributed by atoms with Crippen LogP contribution in [0.3, 0.4) is 0 Å². The highest BCUT2D eigenvalue weighted by molar-refractivity contribution is 5.73. The largest absolute Gasteiger partial charge is 0.353 e. The maximum absolute atomic E-state index is 10.9. The van der Waals surface area contributed by atoms with Gasteiger partial charge in [-0.3, -0.25) is 4.79 Å². The summed E-state index contributed by atoms with van der Waals surface area (Å²) >= 11 is 0. The van der Waals surface area contributed by atoms with E-state index in [9.17, 15) is 4.79 Å². The Hall–Kier alpha value is -0.530. The molecule has 68 valence electrons. The summed E-state index contributed by atoms with van der Waals surface area (Å²) in [5, 5.41) is 3.07. The standard InChI is InChI=1S/C10H17NO/c1-7(12)11-10-6-5-8-3-2-4-9(8)10/h8-10H,2-6H2,1H3,(H,11,12). The van der Waals surface area contributed by atoms with Gasteiger partial charge >= 0.3 is 0 Å². The highest BCUT2D eigenvalue weighted by Crippen LogP contribution is 2.43. The molecule has 2 nitrogen and oxygen atoms in total. The Morgan fingerprint density at radius 3 is 2.83 bits per heavy atom. The Balaban J connectivity index is 1.95. The van der Waals surface area contributed by atoms with Gasteiger partial charge in [-0.1, -0.05) is 12.8 Å². The molecule has 0 aromatic carbocycles.